The van der Waals surface area contributed by atoms with E-state index in [1.165, 1.54) is 5.56 Å². The van der Waals surface area contributed by atoms with Crippen molar-refractivity contribution in [1.82, 2.24) is 9.88 Å². The van der Waals surface area contributed by atoms with Crippen molar-refractivity contribution in [3.63, 3.8) is 0 Å². The number of hydrogen-bond acceptors (Lipinski definition) is 6. The molecule has 4 nitrogen and oxygen atoms in total. The fraction of sp³-hybridized carbons (Fsp3) is 0.167. The third kappa shape index (κ3) is 3.67. The molecule has 0 aliphatic carbocycles. The minimum Gasteiger partial charge on any atom is -0.468 e. The highest BCUT2D eigenvalue weighted by molar-refractivity contribution is 7.14. The summed E-state index contributed by atoms with van der Waals surface area (Å²) in [4.78, 5) is 7.04. The molecule has 4 heterocycles. The van der Waals surface area contributed by atoms with Gasteiger partial charge in [-0.2, -0.15) is 11.3 Å². The molecule has 0 spiro atoms. The molecule has 4 aromatic rings. The maximum atomic E-state index is 5.50. The van der Waals surface area contributed by atoms with Gasteiger partial charge in [-0.3, -0.25) is 4.90 Å². The molecule has 4 rings (SSSR count). The Bertz CT molecular complexity index is 813. The number of nitrogens with zero attached hydrogens (tertiary/aromatic N) is 2. The summed E-state index contributed by atoms with van der Waals surface area (Å²) in [5, 5.41) is 7.41. The van der Waals surface area contributed by atoms with Crippen LogP contribution in [0.5, 0.6) is 0 Å². The Kier molecular flexibility index (Phi) is 4.60. The molecule has 0 atom stereocenters. The molecule has 0 aliphatic heterocycles. The van der Waals surface area contributed by atoms with Gasteiger partial charge in [-0.25, -0.2) is 4.98 Å². The monoisotopic (exact) mass is 356 g/mol. The first kappa shape index (κ1) is 15.4. The number of thiophene rings is 1. The fourth-order valence-electron chi connectivity index (χ4n) is 2.54. The molecular formula is C18H16N2O2S2. The molecule has 0 saturated heterocycles. The van der Waals surface area contributed by atoms with E-state index in [0.29, 0.717) is 0 Å². The molecule has 0 saturated carbocycles. The quantitative estimate of drug-likeness (QED) is 0.453. The van der Waals surface area contributed by atoms with Gasteiger partial charge in [0.25, 0.3) is 0 Å². The molecule has 4 aromatic heterocycles. The summed E-state index contributed by atoms with van der Waals surface area (Å²) in [6.07, 6.45) is 3.41. The van der Waals surface area contributed by atoms with Crippen LogP contribution >= 0.6 is 22.7 Å². The first-order chi connectivity index (χ1) is 11.9. The molecule has 0 aromatic carbocycles. The Morgan fingerprint density at radius 3 is 2.25 bits per heavy atom. The fourth-order valence-corrected chi connectivity index (χ4v) is 4.06. The summed E-state index contributed by atoms with van der Waals surface area (Å²) in [7, 11) is 0. The number of thiazole rings is 1. The van der Waals surface area contributed by atoms with Gasteiger partial charge < -0.3 is 8.83 Å². The standard InChI is InChI=1S/C18H16N2O2S2/c1-3-16(21-6-1)10-20(11-17-4-2-7-22-17)9-15-13-24-18(19-15)14-5-8-23-12-14/h1-8,12-13H,9-11H2. The summed E-state index contributed by atoms with van der Waals surface area (Å²) >= 11 is 3.38. The van der Waals surface area contributed by atoms with Crippen LogP contribution in [0, 0.1) is 0 Å². The third-order valence-electron chi connectivity index (χ3n) is 3.62. The van der Waals surface area contributed by atoms with Crippen molar-refractivity contribution < 1.29 is 8.83 Å². The summed E-state index contributed by atoms with van der Waals surface area (Å²) in [5.74, 6) is 1.88. The molecule has 0 N–H and O–H groups in total. The average molecular weight is 356 g/mol. The zero-order chi connectivity index (χ0) is 16.2. The summed E-state index contributed by atoms with van der Waals surface area (Å²) < 4.78 is 11.0. The highest BCUT2D eigenvalue weighted by atomic mass is 32.1. The average Bonchev–Trinajstić information content (AvgIpc) is 3.37. The van der Waals surface area contributed by atoms with Crippen LogP contribution in [-0.2, 0) is 19.6 Å². The molecule has 0 fully saturated rings. The lowest BCUT2D eigenvalue weighted by Crippen LogP contribution is -2.22. The Morgan fingerprint density at radius 1 is 0.917 bits per heavy atom. The predicted molar refractivity (Wildman–Crippen MR) is 95.8 cm³/mol. The molecule has 0 bridgehead atoms. The van der Waals surface area contributed by atoms with Gasteiger partial charge in [0.1, 0.15) is 16.5 Å². The van der Waals surface area contributed by atoms with Crippen LogP contribution in [0.4, 0.5) is 0 Å². The van der Waals surface area contributed by atoms with E-state index < -0.39 is 0 Å². The zero-order valence-electron chi connectivity index (χ0n) is 12.9. The van der Waals surface area contributed by atoms with Crippen molar-refractivity contribution in [3.05, 3.63) is 76.2 Å². The lowest BCUT2D eigenvalue weighted by molar-refractivity contribution is 0.207. The molecule has 0 unspecified atom stereocenters. The Balaban J connectivity index is 1.50. The molecule has 6 heteroatoms. The SMILES string of the molecule is c1coc(CN(Cc2csc(-c3ccsc3)n2)Cc2ccco2)c1. The van der Waals surface area contributed by atoms with E-state index >= 15 is 0 Å². The number of hydrogen-bond donors (Lipinski definition) is 0. The van der Waals surface area contributed by atoms with E-state index in [9.17, 15) is 0 Å². The maximum absolute atomic E-state index is 5.50. The van der Waals surface area contributed by atoms with E-state index in [1.807, 2.05) is 24.3 Å². The summed E-state index contributed by atoms with van der Waals surface area (Å²) in [5.41, 5.74) is 2.26. The second kappa shape index (κ2) is 7.17. The van der Waals surface area contributed by atoms with Crippen LogP contribution in [0.3, 0.4) is 0 Å². The second-order valence-electron chi connectivity index (χ2n) is 5.46. The molecule has 24 heavy (non-hydrogen) atoms. The lowest BCUT2D eigenvalue weighted by Gasteiger charge is -2.18. The van der Waals surface area contributed by atoms with Crippen molar-refractivity contribution in [2.75, 3.05) is 0 Å². The largest absolute Gasteiger partial charge is 0.468 e. The van der Waals surface area contributed by atoms with Crippen molar-refractivity contribution >= 4 is 22.7 Å². The lowest BCUT2D eigenvalue weighted by atomic mass is 10.3. The van der Waals surface area contributed by atoms with E-state index in [4.69, 9.17) is 13.8 Å². The first-order valence-electron chi connectivity index (χ1n) is 7.61. The predicted octanol–water partition coefficient (Wildman–Crippen LogP) is 5.26. The Labute approximate surface area is 148 Å². The van der Waals surface area contributed by atoms with Gasteiger partial charge in [-0.15, -0.1) is 11.3 Å². The van der Waals surface area contributed by atoms with Crippen molar-refractivity contribution in [3.8, 4) is 10.6 Å². The van der Waals surface area contributed by atoms with Crippen LogP contribution < -0.4 is 0 Å². The first-order valence-corrected chi connectivity index (χ1v) is 9.43. The number of furan rings is 2. The molecule has 0 amide bonds. The van der Waals surface area contributed by atoms with Gasteiger partial charge >= 0.3 is 0 Å². The van der Waals surface area contributed by atoms with Crippen molar-refractivity contribution in [1.29, 1.82) is 0 Å². The normalized spacial score (nSPS) is 11.4. The topological polar surface area (TPSA) is 42.4 Å². The van der Waals surface area contributed by atoms with E-state index in [-0.39, 0.29) is 0 Å². The number of rotatable bonds is 7. The van der Waals surface area contributed by atoms with E-state index in [2.05, 4.69) is 27.1 Å². The summed E-state index contributed by atoms with van der Waals surface area (Å²) in [6, 6.07) is 9.92. The minimum absolute atomic E-state index is 0.721. The summed E-state index contributed by atoms with van der Waals surface area (Å²) in [6.45, 7) is 2.19. The van der Waals surface area contributed by atoms with Crippen LogP contribution in [-0.4, -0.2) is 9.88 Å². The molecule has 0 radical (unpaired) electrons. The van der Waals surface area contributed by atoms with Crippen LogP contribution in [0.1, 0.15) is 17.2 Å². The van der Waals surface area contributed by atoms with Gasteiger partial charge in [0, 0.05) is 22.9 Å². The molecule has 0 aliphatic rings. The minimum atomic E-state index is 0.721. The zero-order valence-corrected chi connectivity index (χ0v) is 14.6. The van der Waals surface area contributed by atoms with Gasteiger partial charge in [0.05, 0.1) is 31.3 Å². The van der Waals surface area contributed by atoms with Crippen molar-refractivity contribution in [2.45, 2.75) is 19.6 Å². The molecular weight excluding hydrogens is 340 g/mol. The van der Waals surface area contributed by atoms with E-state index in [0.717, 1.165) is 41.9 Å². The van der Waals surface area contributed by atoms with Crippen molar-refractivity contribution in [2.24, 2.45) is 0 Å². The van der Waals surface area contributed by atoms with Gasteiger partial charge in [-0.1, -0.05) is 0 Å². The number of aromatic nitrogens is 1. The second-order valence-corrected chi connectivity index (χ2v) is 7.10. The molecule has 122 valence electrons. The highest BCUT2D eigenvalue weighted by Crippen LogP contribution is 2.26. The van der Waals surface area contributed by atoms with Crippen LogP contribution in [0.2, 0.25) is 0 Å². The highest BCUT2D eigenvalue weighted by Gasteiger charge is 2.14. The van der Waals surface area contributed by atoms with Gasteiger partial charge in [0.2, 0.25) is 0 Å². The maximum Gasteiger partial charge on any atom is 0.124 e. The van der Waals surface area contributed by atoms with Gasteiger partial charge in [0.15, 0.2) is 0 Å². The Hall–Kier alpha value is -2.15. The Morgan fingerprint density at radius 2 is 1.67 bits per heavy atom. The third-order valence-corrected chi connectivity index (χ3v) is 5.25. The van der Waals surface area contributed by atoms with Gasteiger partial charge in [-0.05, 0) is 35.7 Å². The van der Waals surface area contributed by atoms with Crippen LogP contribution in [0.25, 0.3) is 10.6 Å². The van der Waals surface area contributed by atoms with E-state index in [1.54, 1.807) is 35.2 Å². The van der Waals surface area contributed by atoms with Crippen LogP contribution in [0.15, 0.2) is 67.8 Å². The smallest absolute Gasteiger partial charge is 0.124 e.